The van der Waals surface area contributed by atoms with Gasteiger partial charge in [0.05, 0.1) is 16.2 Å². The van der Waals surface area contributed by atoms with Gasteiger partial charge in [-0.2, -0.15) is 13.2 Å². The third kappa shape index (κ3) is 4.06. The molecular formula is C22H14F3NO2S2. The molecule has 3 aromatic rings. The third-order valence-electron chi connectivity index (χ3n) is 4.46. The van der Waals surface area contributed by atoms with Crippen LogP contribution in [0.3, 0.4) is 0 Å². The maximum absolute atomic E-state index is 12.9. The number of halogens is 3. The fourth-order valence-electron chi connectivity index (χ4n) is 2.95. The van der Waals surface area contributed by atoms with Crippen molar-refractivity contribution in [1.29, 1.82) is 0 Å². The number of thiocarbonyl (C=S) groups is 1. The van der Waals surface area contributed by atoms with Crippen molar-refractivity contribution in [3.63, 3.8) is 0 Å². The number of amides is 1. The summed E-state index contributed by atoms with van der Waals surface area (Å²) in [5.41, 5.74) is 1.29. The van der Waals surface area contributed by atoms with Crippen LogP contribution >= 0.6 is 24.0 Å². The summed E-state index contributed by atoms with van der Waals surface area (Å²) in [6.07, 6.45) is -2.89. The monoisotopic (exact) mass is 445 g/mol. The Morgan fingerprint density at radius 2 is 1.80 bits per heavy atom. The summed E-state index contributed by atoms with van der Waals surface area (Å²) in [5, 5.41) is 0. The number of thioether (sulfide) groups is 1. The number of rotatable bonds is 3. The molecule has 1 aromatic heterocycles. The molecule has 1 amide bonds. The van der Waals surface area contributed by atoms with E-state index in [0.29, 0.717) is 26.2 Å². The highest BCUT2D eigenvalue weighted by molar-refractivity contribution is 8.27. The fraction of sp³-hybridized carbons (Fsp3) is 0.0909. The van der Waals surface area contributed by atoms with Crippen molar-refractivity contribution in [2.24, 2.45) is 0 Å². The summed E-state index contributed by atoms with van der Waals surface area (Å²) in [7, 11) is 0. The molecule has 4 rings (SSSR count). The SMILES string of the molecule is Cc1ccc(N2C(=O)C(=Cc3ccc(-c4cccc(C(F)(F)F)c4)o3)SC2=S)cc1. The van der Waals surface area contributed by atoms with Crippen molar-refractivity contribution in [2.75, 3.05) is 4.90 Å². The number of nitrogens with zero attached hydrogens (tertiary/aromatic N) is 1. The maximum Gasteiger partial charge on any atom is 0.416 e. The van der Waals surface area contributed by atoms with E-state index >= 15 is 0 Å². The van der Waals surface area contributed by atoms with Crippen LogP contribution in [0.2, 0.25) is 0 Å². The van der Waals surface area contributed by atoms with Gasteiger partial charge >= 0.3 is 6.18 Å². The molecule has 8 heteroatoms. The summed E-state index contributed by atoms with van der Waals surface area (Å²) < 4.78 is 44.9. The van der Waals surface area contributed by atoms with Gasteiger partial charge in [0.1, 0.15) is 11.5 Å². The average Bonchev–Trinajstić information content (AvgIpc) is 3.27. The number of alkyl halides is 3. The molecule has 0 spiro atoms. The molecule has 3 nitrogen and oxygen atoms in total. The summed E-state index contributed by atoms with van der Waals surface area (Å²) in [5.74, 6) is 0.360. The molecule has 1 aliphatic heterocycles. The van der Waals surface area contributed by atoms with Crippen molar-refractivity contribution in [1.82, 2.24) is 0 Å². The van der Waals surface area contributed by atoms with E-state index in [1.807, 2.05) is 31.2 Å². The molecule has 1 saturated heterocycles. The minimum Gasteiger partial charge on any atom is -0.457 e. The van der Waals surface area contributed by atoms with Crippen molar-refractivity contribution in [3.05, 3.63) is 82.5 Å². The van der Waals surface area contributed by atoms with E-state index in [0.717, 1.165) is 29.5 Å². The minimum atomic E-state index is -4.44. The second-order valence-corrected chi connectivity index (χ2v) is 8.31. The second-order valence-electron chi connectivity index (χ2n) is 6.63. The van der Waals surface area contributed by atoms with E-state index in [1.54, 1.807) is 18.2 Å². The zero-order valence-electron chi connectivity index (χ0n) is 15.6. The van der Waals surface area contributed by atoms with Crippen LogP contribution in [-0.2, 0) is 11.0 Å². The number of carbonyl (C=O) groups is 1. The molecular weight excluding hydrogens is 431 g/mol. The molecule has 2 heterocycles. The molecule has 2 aromatic carbocycles. The highest BCUT2D eigenvalue weighted by Gasteiger charge is 2.33. The van der Waals surface area contributed by atoms with E-state index in [1.165, 1.54) is 17.0 Å². The van der Waals surface area contributed by atoms with Gasteiger partial charge in [0, 0.05) is 11.6 Å². The second kappa shape index (κ2) is 7.77. The minimum absolute atomic E-state index is 0.272. The Hall–Kier alpha value is -2.84. The Bertz CT molecular complexity index is 1160. The fourth-order valence-corrected chi connectivity index (χ4v) is 4.23. The predicted octanol–water partition coefficient (Wildman–Crippen LogP) is 6.68. The van der Waals surface area contributed by atoms with Gasteiger partial charge in [-0.3, -0.25) is 9.69 Å². The third-order valence-corrected chi connectivity index (χ3v) is 5.76. The number of furan rings is 1. The first-order valence-electron chi connectivity index (χ1n) is 8.84. The molecule has 0 bridgehead atoms. The highest BCUT2D eigenvalue weighted by Crippen LogP contribution is 2.37. The lowest BCUT2D eigenvalue weighted by Gasteiger charge is -2.14. The molecule has 0 N–H and O–H groups in total. The highest BCUT2D eigenvalue weighted by atomic mass is 32.2. The Labute approximate surface area is 180 Å². The lowest BCUT2D eigenvalue weighted by molar-refractivity contribution is -0.137. The summed E-state index contributed by atoms with van der Waals surface area (Å²) in [4.78, 5) is 14.6. The van der Waals surface area contributed by atoms with E-state index < -0.39 is 11.7 Å². The zero-order valence-corrected chi connectivity index (χ0v) is 17.2. The molecule has 0 aliphatic carbocycles. The Balaban J connectivity index is 1.60. The van der Waals surface area contributed by atoms with Crippen molar-refractivity contribution in [2.45, 2.75) is 13.1 Å². The quantitative estimate of drug-likeness (QED) is 0.333. The predicted molar refractivity (Wildman–Crippen MR) is 116 cm³/mol. The van der Waals surface area contributed by atoms with Crippen molar-refractivity contribution >= 4 is 46.0 Å². The van der Waals surface area contributed by atoms with Crippen LogP contribution in [-0.4, -0.2) is 10.2 Å². The van der Waals surface area contributed by atoms with E-state index in [2.05, 4.69) is 0 Å². The molecule has 0 radical (unpaired) electrons. The van der Waals surface area contributed by atoms with Crippen molar-refractivity contribution < 1.29 is 22.4 Å². The summed E-state index contributed by atoms with van der Waals surface area (Å²) in [6, 6.07) is 15.5. The van der Waals surface area contributed by atoms with Crippen LogP contribution in [0.4, 0.5) is 18.9 Å². The first-order chi connectivity index (χ1) is 14.2. The van der Waals surface area contributed by atoms with Crippen LogP contribution in [0.5, 0.6) is 0 Å². The van der Waals surface area contributed by atoms with Crippen LogP contribution in [0, 0.1) is 6.92 Å². The van der Waals surface area contributed by atoms with Gasteiger partial charge in [0.15, 0.2) is 4.32 Å². The average molecular weight is 445 g/mol. The van der Waals surface area contributed by atoms with Gasteiger partial charge in [-0.1, -0.05) is 53.8 Å². The number of carbonyl (C=O) groups excluding carboxylic acids is 1. The summed E-state index contributed by atoms with van der Waals surface area (Å²) >= 11 is 6.49. The normalized spacial score (nSPS) is 16.0. The molecule has 0 unspecified atom stereocenters. The van der Waals surface area contributed by atoms with E-state index in [4.69, 9.17) is 16.6 Å². The first-order valence-corrected chi connectivity index (χ1v) is 10.1. The number of hydrogen-bond donors (Lipinski definition) is 0. The largest absolute Gasteiger partial charge is 0.457 e. The van der Waals surface area contributed by atoms with Gasteiger partial charge in [-0.05, 0) is 43.3 Å². The molecule has 30 heavy (non-hydrogen) atoms. The zero-order chi connectivity index (χ0) is 21.5. The first kappa shape index (κ1) is 20.4. The molecule has 1 aliphatic rings. The van der Waals surface area contributed by atoms with Crippen LogP contribution in [0.25, 0.3) is 17.4 Å². The Morgan fingerprint density at radius 3 is 2.50 bits per heavy atom. The lowest BCUT2D eigenvalue weighted by atomic mass is 10.1. The van der Waals surface area contributed by atoms with Crippen molar-refractivity contribution in [3.8, 4) is 11.3 Å². The van der Waals surface area contributed by atoms with E-state index in [-0.39, 0.29) is 11.7 Å². The maximum atomic E-state index is 12.9. The molecule has 152 valence electrons. The van der Waals surface area contributed by atoms with Crippen LogP contribution in [0.1, 0.15) is 16.9 Å². The molecule has 1 fully saturated rings. The number of hydrogen-bond acceptors (Lipinski definition) is 4. The van der Waals surface area contributed by atoms with E-state index in [9.17, 15) is 18.0 Å². The van der Waals surface area contributed by atoms with Gasteiger partial charge in [0.2, 0.25) is 0 Å². The number of aryl methyl sites for hydroxylation is 1. The summed E-state index contributed by atoms with van der Waals surface area (Å²) in [6.45, 7) is 1.95. The van der Waals surface area contributed by atoms with Gasteiger partial charge < -0.3 is 4.42 Å². The smallest absolute Gasteiger partial charge is 0.416 e. The van der Waals surface area contributed by atoms with Crippen LogP contribution < -0.4 is 4.90 Å². The van der Waals surface area contributed by atoms with Crippen LogP contribution in [0.15, 0.2) is 70.0 Å². The topological polar surface area (TPSA) is 33.5 Å². The molecule has 0 atom stereocenters. The van der Waals surface area contributed by atoms with Gasteiger partial charge in [-0.15, -0.1) is 0 Å². The Morgan fingerprint density at radius 1 is 1.07 bits per heavy atom. The Kier molecular flexibility index (Phi) is 5.29. The standard InChI is InChI=1S/C22H14F3NO2S2/c1-13-5-7-16(8-6-13)26-20(27)19(30-21(26)29)12-17-9-10-18(28-17)14-3-2-4-15(11-14)22(23,24)25/h2-12H,1H3. The molecule has 0 saturated carbocycles. The number of benzene rings is 2. The van der Waals surface area contributed by atoms with Gasteiger partial charge in [0.25, 0.3) is 5.91 Å². The van der Waals surface area contributed by atoms with Gasteiger partial charge in [-0.25, -0.2) is 0 Å². The number of anilines is 1. The lowest BCUT2D eigenvalue weighted by Crippen LogP contribution is -2.27.